The molecule has 1 atom stereocenters. The van der Waals surface area contributed by atoms with Gasteiger partial charge in [-0.3, -0.25) is 13.9 Å². The van der Waals surface area contributed by atoms with Crippen LogP contribution in [0.15, 0.2) is 48.5 Å². The molecule has 1 N–H and O–H groups in total. The van der Waals surface area contributed by atoms with Crippen LogP contribution in [0, 0.1) is 12.7 Å². The second-order valence-electron chi connectivity index (χ2n) is 8.34. The molecule has 2 aromatic carbocycles. The lowest BCUT2D eigenvalue weighted by Gasteiger charge is -2.33. The van der Waals surface area contributed by atoms with Crippen molar-refractivity contribution in [3.05, 3.63) is 65.5 Å². The van der Waals surface area contributed by atoms with Gasteiger partial charge in [0.25, 0.3) is 0 Å². The van der Waals surface area contributed by atoms with Crippen LogP contribution in [0.3, 0.4) is 0 Å². The first kappa shape index (κ1) is 26.3. The number of carbonyl (C=O) groups is 2. The molecule has 7 nitrogen and oxygen atoms in total. The Bertz CT molecular complexity index is 1050. The summed E-state index contributed by atoms with van der Waals surface area (Å²) in [6, 6.07) is 11.5. The third-order valence-electron chi connectivity index (χ3n) is 5.08. The molecule has 2 aromatic rings. The van der Waals surface area contributed by atoms with Gasteiger partial charge in [-0.25, -0.2) is 12.8 Å². The van der Waals surface area contributed by atoms with E-state index in [0.717, 1.165) is 16.1 Å². The molecule has 0 bridgehead atoms. The van der Waals surface area contributed by atoms with Crippen LogP contribution in [-0.2, 0) is 26.2 Å². The lowest BCUT2D eigenvalue weighted by atomic mass is 10.1. The van der Waals surface area contributed by atoms with E-state index in [4.69, 9.17) is 0 Å². The molecule has 33 heavy (non-hydrogen) atoms. The first-order valence-corrected chi connectivity index (χ1v) is 12.7. The van der Waals surface area contributed by atoms with E-state index in [9.17, 15) is 22.4 Å². The van der Waals surface area contributed by atoms with Gasteiger partial charge in [-0.15, -0.1) is 0 Å². The maximum absolute atomic E-state index is 13.5. The lowest BCUT2D eigenvalue weighted by Crippen LogP contribution is -2.53. The average molecular weight is 478 g/mol. The van der Waals surface area contributed by atoms with E-state index in [1.54, 1.807) is 31.2 Å². The summed E-state index contributed by atoms with van der Waals surface area (Å²) in [6.07, 6.45) is 1.36. The van der Waals surface area contributed by atoms with Crippen molar-refractivity contribution < 1.29 is 22.4 Å². The fourth-order valence-corrected chi connectivity index (χ4v) is 4.26. The molecule has 0 radical (unpaired) electrons. The van der Waals surface area contributed by atoms with Gasteiger partial charge in [-0.1, -0.05) is 36.8 Å². The van der Waals surface area contributed by atoms with Crippen molar-refractivity contribution in [1.29, 1.82) is 0 Å². The number of hydrogen-bond acceptors (Lipinski definition) is 4. The number of carbonyl (C=O) groups excluding carboxylic acids is 2. The number of amides is 2. The second-order valence-corrected chi connectivity index (χ2v) is 10.2. The summed E-state index contributed by atoms with van der Waals surface area (Å²) >= 11 is 0. The van der Waals surface area contributed by atoms with Crippen LogP contribution < -0.4 is 9.62 Å². The molecule has 9 heteroatoms. The van der Waals surface area contributed by atoms with E-state index in [0.29, 0.717) is 17.7 Å². The maximum Gasteiger partial charge on any atom is 0.244 e. The Morgan fingerprint density at radius 2 is 1.61 bits per heavy atom. The van der Waals surface area contributed by atoms with Crippen molar-refractivity contribution in [2.75, 3.05) is 17.1 Å². The quantitative estimate of drug-likeness (QED) is 0.569. The minimum atomic E-state index is -3.77. The van der Waals surface area contributed by atoms with Crippen molar-refractivity contribution in [3.8, 4) is 0 Å². The number of anilines is 1. The number of rotatable bonds is 10. The maximum atomic E-state index is 13.5. The van der Waals surface area contributed by atoms with Crippen LogP contribution in [0.5, 0.6) is 0 Å². The van der Waals surface area contributed by atoms with Gasteiger partial charge in [-0.2, -0.15) is 0 Å². The van der Waals surface area contributed by atoms with Crippen LogP contribution in [0.25, 0.3) is 0 Å². The summed E-state index contributed by atoms with van der Waals surface area (Å²) in [7, 11) is -3.77. The molecule has 0 saturated heterocycles. The summed E-state index contributed by atoms with van der Waals surface area (Å²) in [4.78, 5) is 27.7. The van der Waals surface area contributed by atoms with Gasteiger partial charge in [0.1, 0.15) is 18.4 Å². The highest BCUT2D eigenvalue weighted by Gasteiger charge is 2.31. The van der Waals surface area contributed by atoms with Crippen molar-refractivity contribution >= 4 is 27.5 Å². The van der Waals surface area contributed by atoms with Gasteiger partial charge in [0.05, 0.1) is 11.9 Å². The predicted molar refractivity (Wildman–Crippen MR) is 128 cm³/mol. The topological polar surface area (TPSA) is 86.8 Å². The molecule has 1 unspecified atom stereocenters. The fourth-order valence-electron chi connectivity index (χ4n) is 3.41. The van der Waals surface area contributed by atoms with E-state index in [1.807, 2.05) is 20.8 Å². The summed E-state index contributed by atoms with van der Waals surface area (Å²) in [5, 5.41) is 2.82. The number of sulfonamides is 1. The number of benzene rings is 2. The van der Waals surface area contributed by atoms with Gasteiger partial charge in [0.15, 0.2) is 0 Å². The van der Waals surface area contributed by atoms with E-state index in [-0.39, 0.29) is 18.5 Å². The monoisotopic (exact) mass is 477 g/mol. The highest BCUT2D eigenvalue weighted by atomic mass is 32.2. The molecule has 0 aliphatic heterocycles. The van der Waals surface area contributed by atoms with Crippen LogP contribution in [0.1, 0.15) is 38.3 Å². The molecule has 0 aromatic heterocycles. The minimum Gasteiger partial charge on any atom is -0.352 e. The van der Waals surface area contributed by atoms with Gasteiger partial charge in [0.2, 0.25) is 21.8 Å². The largest absolute Gasteiger partial charge is 0.352 e. The van der Waals surface area contributed by atoms with Crippen LogP contribution in [-0.4, -0.2) is 50.0 Å². The smallest absolute Gasteiger partial charge is 0.244 e. The molecule has 180 valence electrons. The zero-order valence-electron chi connectivity index (χ0n) is 19.7. The van der Waals surface area contributed by atoms with Crippen molar-refractivity contribution in [2.24, 2.45) is 0 Å². The number of nitrogens with one attached hydrogen (secondary N) is 1. The molecule has 2 amide bonds. The predicted octanol–water partition coefficient (Wildman–Crippen LogP) is 3.23. The van der Waals surface area contributed by atoms with Crippen molar-refractivity contribution in [3.63, 3.8) is 0 Å². The minimum absolute atomic E-state index is 0.0363. The van der Waals surface area contributed by atoms with Gasteiger partial charge in [0, 0.05) is 12.6 Å². The third-order valence-corrected chi connectivity index (χ3v) is 6.22. The average Bonchev–Trinajstić information content (AvgIpc) is 2.72. The summed E-state index contributed by atoms with van der Waals surface area (Å²) in [6.45, 7) is 6.87. The zero-order chi connectivity index (χ0) is 24.8. The molecule has 0 aliphatic rings. The summed E-state index contributed by atoms with van der Waals surface area (Å²) in [5.74, 6) is -1.27. The number of nitrogens with zero attached hydrogens (tertiary/aromatic N) is 2. The molecule has 0 spiro atoms. The Morgan fingerprint density at radius 3 is 2.09 bits per heavy atom. The van der Waals surface area contributed by atoms with E-state index in [1.165, 1.54) is 29.2 Å². The molecule has 2 rings (SSSR count). The van der Waals surface area contributed by atoms with E-state index < -0.39 is 34.3 Å². The van der Waals surface area contributed by atoms with Gasteiger partial charge < -0.3 is 10.2 Å². The standard InChI is InChI=1S/C24H32FN3O4S/c1-6-22(24(30)26-17(2)3)27(15-19-9-11-20(25)12-10-19)23(29)16-28(33(5,31)32)21-13-7-18(4)8-14-21/h7-14,17,22H,6,15-16H2,1-5H3,(H,26,30). The molecule has 0 aliphatic carbocycles. The zero-order valence-corrected chi connectivity index (χ0v) is 20.5. The second kappa shape index (κ2) is 11.3. The molecule has 0 fully saturated rings. The first-order chi connectivity index (χ1) is 15.4. The van der Waals surface area contributed by atoms with Crippen molar-refractivity contribution in [2.45, 2.75) is 52.7 Å². The SMILES string of the molecule is CCC(C(=O)NC(C)C)N(Cc1ccc(F)cc1)C(=O)CN(c1ccc(C)cc1)S(C)(=O)=O. The lowest BCUT2D eigenvalue weighted by molar-refractivity contribution is -0.140. The van der Waals surface area contributed by atoms with Crippen molar-refractivity contribution in [1.82, 2.24) is 10.2 Å². The van der Waals surface area contributed by atoms with E-state index in [2.05, 4.69) is 5.32 Å². The Kier molecular flexibility index (Phi) is 8.99. The Hall–Kier alpha value is -2.94. The van der Waals surface area contributed by atoms with E-state index >= 15 is 0 Å². The van der Waals surface area contributed by atoms with Gasteiger partial charge in [-0.05, 0) is 57.0 Å². The normalized spacial score (nSPS) is 12.3. The number of aryl methyl sites for hydroxylation is 1. The third kappa shape index (κ3) is 7.56. The fraction of sp³-hybridized carbons (Fsp3) is 0.417. The van der Waals surface area contributed by atoms with Crippen LogP contribution >= 0.6 is 0 Å². The molecular weight excluding hydrogens is 445 g/mol. The van der Waals surface area contributed by atoms with Crippen LogP contribution in [0.2, 0.25) is 0 Å². The Labute approximate surface area is 195 Å². The highest BCUT2D eigenvalue weighted by Crippen LogP contribution is 2.20. The summed E-state index contributed by atoms with van der Waals surface area (Å²) in [5.41, 5.74) is 1.94. The van der Waals surface area contributed by atoms with Gasteiger partial charge >= 0.3 is 0 Å². The number of hydrogen-bond donors (Lipinski definition) is 1. The Morgan fingerprint density at radius 1 is 1.03 bits per heavy atom. The first-order valence-electron chi connectivity index (χ1n) is 10.8. The van der Waals surface area contributed by atoms with Crippen LogP contribution in [0.4, 0.5) is 10.1 Å². The Balaban J connectivity index is 2.42. The highest BCUT2D eigenvalue weighted by molar-refractivity contribution is 7.92. The molecule has 0 heterocycles. The summed E-state index contributed by atoms with van der Waals surface area (Å²) < 4.78 is 39.5. The number of halogens is 1. The molecular formula is C24H32FN3O4S. The molecule has 0 saturated carbocycles.